The van der Waals surface area contributed by atoms with Crippen LogP contribution in [0.3, 0.4) is 0 Å². The Morgan fingerprint density at radius 2 is 1.52 bits per heavy atom. The molecule has 31 heavy (non-hydrogen) atoms. The molecule has 3 aromatic carbocycles. The van der Waals surface area contributed by atoms with E-state index in [9.17, 15) is 9.59 Å². The molecule has 3 aromatic rings. The van der Waals surface area contributed by atoms with Gasteiger partial charge in [-0.2, -0.15) is 0 Å². The zero-order valence-corrected chi connectivity index (χ0v) is 18.0. The average Bonchev–Trinajstić information content (AvgIpc) is 2.78. The van der Waals surface area contributed by atoms with E-state index in [0.717, 1.165) is 11.1 Å². The van der Waals surface area contributed by atoms with Crippen molar-refractivity contribution in [2.75, 3.05) is 12.4 Å². The monoisotopic (exact) mass is 417 g/mol. The molecular weight excluding hydrogens is 390 g/mol. The van der Waals surface area contributed by atoms with E-state index in [-0.39, 0.29) is 12.3 Å². The zero-order valence-electron chi connectivity index (χ0n) is 18.0. The Hall–Kier alpha value is -3.60. The number of carbonyl (C=O) groups excluding carboxylic acids is 2. The first-order valence-corrected chi connectivity index (χ1v) is 10.2. The van der Waals surface area contributed by atoms with Crippen molar-refractivity contribution in [3.63, 3.8) is 0 Å². The van der Waals surface area contributed by atoms with Gasteiger partial charge < -0.3 is 14.8 Å². The smallest absolute Gasteiger partial charge is 0.307 e. The maximum atomic E-state index is 13.1. The molecule has 3 rings (SSSR count). The molecule has 5 nitrogen and oxygen atoms in total. The fraction of sp³-hybridized carbons (Fsp3) is 0.231. The van der Waals surface area contributed by atoms with Gasteiger partial charge in [-0.3, -0.25) is 9.59 Å². The zero-order chi connectivity index (χ0) is 22.2. The molecule has 0 saturated heterocycles. The summed E-state index contributed by atoms with van der Waals surface area (Å²) in [4.78, 5) is 25.9. The van der Waals surface area contributed by atoms with Crippen LogP contribution in [-0.4, -0.2) is 19.0 Å². The van der Waals surface area contributed by atoms with Gasteiger partial charge in [-0.05, 0) is 36.1 Å². The van der Waals surface area contributed by atoms with Crippen LogP contribution in [0.1, 0.15) is 42.1 Å². The van der Waals surface area contributed by atoms with Gasteiger partial charge in [-0.1, -0.05) is 73.7 Å². The fourth-order valence-corrected chi connectivity index (χ4v) is 3.35. The van der Waals surface area contributed by atoms with Crippen molar-refractivity contribution in [2.24, 2.45) is 0 Å². The van der Waals surface area contributed by atoms with E-state index in [4.69, 9.17) is 9.47 Å². The van der Waals surface area contributed by atoms with Crippen molar-refractivity contribution in [1.29, 1.82) is 0 Å². The van der Waals surface area contributed by atoms with E-state index in [0.29, 0.717) is 17.0 Å². The third kappa shape index (κ3) is 5.95. The molecule has 0 aliphatic heterocycles. The Kier molecular flexibility index (Phi) is 7.44. The predicted molar refractivity (Wildman–Crippen MR) is 121 cm³/mol. The van der Waals surface area contributed by atoms with Crippen LogP contribution in [-0.2, 0) is 14.3 Å². The van der Waals surface area contributed by atoms with E-state index in [1.807, 2.05) is 74.5 Å². The van der Waals surface area contributed by atoms with Crippen LogP contribution < -0.4 is 10.1 Å². The Morgan fingerprint density at radius 1 is 0.903 bits per heavy atom. The van der Waals surface area contributed by atoms with Gasteiger partial charge in [0.25, 0.3) is 5.91 Å². The minimum atomic E-state index is -1.07. The summed E-state index contributed by atoms with van der Waals surface area (Å²) in [6.07, 6.45) is -0.893. The van der Waals surface area contributed by atoms with E-state index in [1.165, 1.54) is 0 Å². The normalized spacial score (nSPS) is 12.5. The summed E-state index contributed by atoms with van der Waals surface area (Å²) in [5.74, 6) is -0.354. The Morgan fingerprint density at radius 3 is 2.13 bits per heavy atom. The highest BCUT2D eigenvalue weighted by Crippen LogP contribution is 2.28. The van der Waals surface area contributed by atoms with Gasteiger partial charge in [-0.25, -0.2) is 0 Å². The first-order chi connectivity index (χ1) is 15.0. The Bertz CT molecular complexity index is 1020. The fourth-order valence-electron chi connectivity index (χ4n) is 3.35. The summed E-state index contributed by atoms with van der Waals surface area (Å²) in [6.45, 7) is 3.89. The summed E-state index contributed by atoms with van der Waals surface area (Å²) in [5, 5.41) is 2.85. The Labute approximate surface area is 183 Å². The lowest BCUT2D eigenvalue weighted by atomic mass is 9.98. The van der Waals surface area contributed by atoms with Gasteiger partial charge in [-0.15, -0.1) is 0 Å². The molecule has 0 fully saturated rings. The third-order valence-electron chi connectivity index (χ3n) is 5.04. The van der Waals surface area contributed by atoms with Gasteiger partial charge in [0.2, 0.25) is 6.10 Å². The first kappa shape index (κ1) is 22.1. The molecule has 0 radical (unpaired) electrons. The minimum Gasteiger partial charge on any atom is -0.495 e. The summed E-state index contributed by atoms with van der Waals surface area (Å²) in [6, 6.07) is 24.3. The number of hydrogen-bond acceptors (Lipinski definition) is 4. The second kappa shape index (κ2) is 10.4. The van der Waals surface area contributed by atoms with Crippen molar-refractivity contribution in [2.45, 2.75) is 32.3 Å². The second-order valence-electron chi connectivity index (χ2n) is 7.49. The van der Waals surface area contributed by atoms with Crippen molar-refractivity contribution in [1.82, 2.24) is 0 Å². The second-order valence-corrected chi connectivity index (χ2v) is 7.49. The molecule has 0 heterocycles. The molecule has 0 aliphatic rings. The van der Waals surface area contributed by atoms with E-state index in [1.54, 1.807) is 25.3 Å². The number of aryl methyl sites for hydroxylation is 1. The lowest BCUT2D eigenvalue weighted by molar-refractivity contribution is -0.155. The molecule has 0 spiro atoms. The molecule has 0 aliphatic carbocycles. The molecule has 1 N–H and O–H groups in total. The maximum absolute atomic E-state index is 13.1. The summed E-state index contributed by atoms with van der Waals surface area (Å²) in [7, 11) is 1.54. The Balaban J connectivity index is 1.78. The number of benzene rings is 3. The van der Waals surface area contributed by atoms with Crippen LogP contribution in [0, 0.1) is 6.92 Å². The standard InChI is InChI=1S/C26H27NO4/c1-18-14-15-23(30-3)22(16-18)27-26(29)25(21-12-8-5-9-13-21)31-24(28)17-19(2)20-10-6-4-7-11-20/h4-16,19,25H,17H2,1-3H3,(H,27,29)/t19-,25-/m1/s1. The van der Waals surface area contributed by atoms with Gasteiger partial charge in [0, 0.05) is 5.56 Å². The van der Waals surface area contributed by atoms with E-state index in [2.05, 4.69) is 5.32 Å². The highest BCUT2D eigenvalue weighted by Gasteiger charge is 2.26. The molecule has 0 saturated carbocycles. The number of anilines is 1. The molecular formula is C26H27NO4. The van der Waals surface area contributed by atoms with Crippen LogP contribution in [0.5, 0.6) is 5.75 Å². The number of amides is 1. The number of hydrogen-bond donors (Lipinski definition) is 1. The van der Waals surface area contributed by atoms with Crippen molar-refractivity contribution in [3.05, 3.63) is 95.6 Å². The first-order valence-electron chi connectivity index (χ1n) is 10.2. The van der Waals surface area contributed by atoms with E-state index < -0.39 is 18.0 Å². The molecule has 0 aromatic heterocycles. The van der Waals surface area contributed by atoms with E-state index >= 15 is 0 Å². The quantitative estimate of drug-likeness (QED) is 0.497. The highest BCUT2D eigenvalue weighted by molar-refractivity contribution is 5.97. The number of nitrogens with one attached hydrogen (secondary N) is 1. The number of esters is 1. The number of carbonyl (C=O) groups is 2. The lowest BCUT2D eigenvalue weighted by Crippen LogP contribution is -2.26. The number of rotatable bonds is 8. The highest BCUT2D eigenvalue weighted by atomic mass is 16.5. The topological polar surface area (TPSA) is 64.6 Å². The van der Waals surface area contributed by atoms with Gasteiger partial charge in [0.1, 0.15) is 5.75 Å². The molecule has 160 valence electrons. The lowest BCUT2D eigenvalue weighted by Gasteiger charge is -2.20. The third-order valence-corrected chi connectivity index (χ3v) is 5.04. The molecule has 0 unspecified atom stereocenters. The van der Waals surface area contributed by atoms with Crippen molar-refractivity contribution in [3.8, 4) is 5.75 Å². The summed E-state index contributed by atoms with van der Waals surface area (Å²) < 4.78 is 11.0. The van der Waals surface area contributed by atoms with Crippen molar-refractivity contribution < 1.29 is 19.1 Å². The van der Waals surface area contributed by atoms with Crippen molar-refractivity contribution >= 4 is 17.6 Å². The van der Waals surface area contributed by atoms with Crippen LogP contribution in [0.25, 0.3) is 0 Å². The van der Waals surface area contributed by atoms with Crippen LogP contribution in [0.4, 0.5) is 5.69 Å². The predicted octanol–water partition coefficient (Wildman–Crippen LogP) is 5.42. The summed E-state index contributed by atoms with van der Waals surface area (Å²) in [5.41, 5.74) is 3.15. The molecule has 5 heteroatoms. The average molecular weight is 418 g/mol. The summed E-state index contributed by atoms with van der Waals surface area (Å²) >= 11 is 0. The van der Waals surface area contributed by atoms with Gasteiger partial charge in [0.05, 0.1) is 19.2 Å². The molecule has 0 bridgehead atoms. The number of methoxy groups -OCH3 is 1. The maximum Gasteiger partial charge on any atom is 0.307 e. The van der Waals surface area contributed by atoms with Crippen LogP contribution >= 0.6 is 0 Å². The van der Waals surface area contributed by atoms with Gasteiger partial charge in [0.15, 0.2) is 0 Å². The van der Waals surface area contributed by atoms with Gasteiger partial charge >= 0.3 is 5.97 Å². The minimum absolute atomic E-state index is 0.0231. The molecule has 1 amide bonds. The van der Waals surface area contributed by atoms with Crippen LogP contribution in [0.15, 0.2) is 78.9 Å². The number of ether oxygens (including phenoxy) is 2. The SMILES string of the molecule is COc1ccc(C)cc1NC(=O)[C@H](OC(=O)C[C@@H](C)c1ccccc1)c1ccccc1. The van der Waals surface area contributed by atoms with Crippen LogP contribution in [0.2, 0.25) is 0 Å². The largest absolute Gasteiger partial charge is 0.495 e. The molecule has 2 atom stereocenters.